The molecule has 71 valence electrons. The smallest absolute Gasteiger partial charge is 0.144 e. The molecule has 0 aliphatic heterocycles. The second-order valence-electron chi connectivity index (χ2n) is 3.05. The van der Waals surface area contributed by atoms with E-state index in [0.29, 0.717) is 11.4 Å². The van der Waals surface area contributed by atoms with Crippen molar-refractivity contribution in [3.05, 3.63) is 24.3 Å². The van der Waals surface area contributed by atoms with Crippen LogP contribution in [-0.4, -0.2) is 6.61 Å². The van der Waals surface area contributed by atoms with E-state index in [2.05, 4.69) is 6.92 Å². The Morgan fingerprint density at radius 1 is 1.23 bits per heavy atom. The molecule has 1 radical (unpaired) electrons. The van der Waals surface area contributed by atoms with Crippen LogP contribution in [0.1, 0.15) is 26.2 Å². The molecule has 0 unspecified atom stereocenters. The highest BCUT2D eigenvalue weighted by Gasteiger charge is 1.97. The summed E-state index contributed by atoms with van der Waals surface area (Å²) in [6.45, 7) is 2.89. The maximum Gasteiger partial charge on any atom is 0.144 e. The van der Waals surface area contributed by atoms with Gasteiger partial charge in [0.1, 0.15) is 5.75 Å². The van der Waals surface area contributed by atoms with Crippen LogP contribution < -0.4 is 10.5 Å². The molecule has 0 saturated carbocycles. The van der Waals surface area contributed by atoms with Gasteiger partial charge in [-0.3, -0.25) is 5.73 Å². The first-order valence-electron chi connectivity index (χ1n) is 4.78. The zero-order valence-corrected chi connectivity index (χ0v) is 8.05. The van der Waals surface area contributed by atoms with E-state index in [1.54, 1.807) is 6.07 Å². The number of hydrogen-bond acceptors (Lipinski definition) is 1. The van der Waals surface area contributed by atoms with Crippen molar-refractivity contribution < 1.29 is 4.74 Å². The van der Waals surface area contributed by atoms with Crippen molar-refractivity contribution in [1.82, 2.24) is 5.73 Å². The lowest BCUT2D eigenvalue weighted by molar-refractivity contribution is 0.307. The van der Waals surface area contributed by atoms with Gasteiger partial charge in [-0.05, 0) is 18.6 Å². The highest BCUT2D eigenvalue weighted by Crippen LogP contribution is 2.21. The van der Waals surface area contributed by atoms with Gasteiger partial charge in [-0.25, -0.2) is 0 Å². The zero-order valence-electron chi connectivity index (χ0n) is 8.05. The van der Waals surface area contributed by atoms with E-state index in [1.807, 2.05) is 18.2 Å². The molecule has 2 nitrogen and oxygen atoms in total. The van der Waals surface area contributed by atoms with Crippen molar-refractivity contribution in [1.29, 1.82) is 0 Å². The van der Waals surface area contributed by atoms with Crippen LogP contribution in [0.3, 0.4) is 0 Å². The molecule has 1 N–H and O–H groups in total. The van der Waals surface area contributed by atoms with Gasteiger partial charge in [0.2, 0.25) is 0 Å². The van der Waals surface area contributed by atoms with Gasteiger partial charge >= 0.3 is 0 Å². The Morgan fingerprint density at radius 3 is 2.69 bits per heavy atom. The number of ether oxygens (including phenoxy) is 1. The van der Waals surface area contributed by atoms with Crippen LogP contribution in [0.5, 0.6) is 5.75 Å². The SMILES string of the molecule is CCCCCOc1ccccc1[NH]. The lowest BCUT2D eigenvalue weighted by atomic mass is 10.2. The molecule has 0 heterocycles. The summed E-state index contributed by atoms with van der Waals surface area (Å²) in [4.78, 5) is 0. The molecule has 0 aliphatic carbocycles. The molecule has 1 aromatic carbocycles. The largest absolute Gasteiger partial charge is 0.491 e. The first-order chi connectivity index (χ1) is 6.34. The molecule has 0 amide bonds. The summed E-state index contributed by atoms with van der Waals surface area (Å²) < 4.78 is 5.45. The second-order valence-corrected chi connectivity index (χ2v) is 3.05. The molecule has 0 atom stereocenters. The summed E-state index contributed by atoms with van der Waals surface area (Å²) in [5.74, 6) is 0.693. The fourth-order valence-corrected chi connectivity index (χ4v) is 1.13. The normalized spacial score (nSPS) is 9.92. The van der Waals surface area contributed by atoms with Gasteiger partial charge < -0.3 is 4.74 Å². The van der Waals surface area contributed by atoms with E-state index in [-0.39, 0.29) is 0 Å². The van der Waals surface area contributed by atoms with Crippen molar-refractivity contribution in [2.45, 2.75) is 26.2 Å². The highest BCUT2D eigenvalue weighted by atomic mass is 16.5. The predicted octanol–water partition coefficient (Wildman–Crippen LogP) is 3.17. The van der Waals surface area contributed by atoms with Crippen LogP contribution >= 0.6 is 0 Å². The Kier molecular flexibility index (Phi) is 4.16. The molecule has 0 bridgehead atoms. The lowest BCUT2D eigenvalue weighted by Crippen LogP contribution is -1.97. The fourth-order valence-electron chi connectivity index (χ4n) is 1.13. The third-order valence-corrected chi connectivity index (χ3v) is 1.89. The molecule has 1 rings (SSSR count). The zero-order chi connectivity index (χ0) is 9.52. The van der Waals surface area contributed by atoms with Gasteiger partial charge in [-0.15, -0.1) is 0 Å². The number of unbranched alkanes of at least 4 members (excludes halogenated alkanes) is 2. The minimum atomic E-state index is 0.471. The van der Waals surface area contributed by atoms with E-state index in [4.69, 9.17) is 10.5 Å². The van der Waals surface area contributed by atoms with Gasteiger partial charge in [0.15, 0.2) is 0 Å². The molecule has 0 saturated heterocycles. The monoisotopic (exact) mass is 178 g/mol. The maximum absolute atomic E-state index is 7.53. The van der Waals surface area contributed by atoms with Crippen LogP contribution in [-0.2, 0) is 0 Å². The van der Waals surface area contributed by atoms with Crippen molar-refractivity contribution in [2.75, 3.05) is 6.61 Å². The van der Waals surface area contributed by atoms with Gasteiger partial charge in [-0.2, -0.15) is 0 Å². The quantitative estimate of drug-likeness (QED) is 0.637. The van der Waals surface area contributed by atoms with Gasteiger partial charge in [0, 0.05) is 0 Å². The molecular weight excluding hydrogens is 162 g/mol. The van der Waals surface area contributed by atoms with Crippen molar-refractivity contribution in [3.63, 3.8) is 0 Å². The Morgan fingerprint density at radius 2 is 2.00 bits per heavy atom. The molecule has 1 aromatic rings. The first kappa shape index (κ1) is 9.90. The molecular formula is C11H16NO. The third-order valence-electron chi connectivity index (χ3n) is 1.89. The van der Waals surface area contributed by atoms with E-state index in [9.17, 15) is 0 Å². The molecule has 0 aromatic heterocycles. The summed E-state index contributed by atoms with van der Waals surface area (Å²) in [5.41, 5.74) is 8.00. The van der Waals surface area contributed by atoms with Crippen molar-refractivity contribution in [3.8, 4) is 5.75 Å². The topological polar surface area (TPSA) is 33.0 Å². The van der Waals surface area contributed by atoms with Crippen LogP contribution in [0.15, 0.2) is 24.3 Å². The molecule has 0 fully saturated rings. The van der Waals surface area contributed by atoms with Crippen molar-refractivity contribution in [2.24, 2.45) is 0 Å². The van der Waals surface area contributed by atoms with Crippen LogP contribution in [0, 0.1) is 0 Å². The average molecular weight is 178 g/mol. The standard InChI is InChI=1S/C11H16NO/c1-2-3-6-9-13-11-8-5-4-7-10(11)12/h4-5,7-8,12H,2-3,6,9H2,1H3. The van der Waals surface area contributed by atoms with Crippen LogP contribution in [0.2, 0.25) is 0 Å². The number of nitrogens with one attached hydrogen (secondary N) is 1. The Labute approximate surface area is 79.7 Å². The van der Waals surface area contributed by atoms with E-state index in [1.165, 1.54) is 12.8 Å². The molecule has 0 aliphatic rings. The average Bonchev–Trinajstić information content (AvgIpc) is 2.15. The maximum atomic E-state index is 7.53. The van der Waals surface area contributed by atoms with Gasteiger partial charge in [0.05, 0.1) is 12.3 Å². The second kappa shape index (κ2) is 5.46. The highest BCUT2D eigenvalue weighted by molar-refractivity contribution is 5.48. The Hall–Kier alpha value is -1.18. The van der Waals surface area contributed by atoms with Gasteiger partial charge in [0.25, 0.3) is 0 Å². The van der Waals surface area contributed by atoms with E-state index >= 15 is 0 Å². The van der Waals surface area contributed by atoms with Crippen LogP contribution in [0.4, 0.5) is 5.69 Å². The Bertz CT molecular complexity index is 248. The van der Waals surface area contributed by atoms with E-state index < -0.39 is 0 Å². The first-order valence-corrected chi connectivity index (χ1v) is 4.78. The lowest BCUT2D eigenvalue weighted by Gasteiger charge is -2.06. The third kappa shape index (κ3) is 3.36. The van der Waals surface area contributed by atoms with Crippen LogP contribution in [0.25, 0.3) is 0 Å². The van der Waals surface area contributed by atoms with Crippen molar-refractivity contribution >= 4 is 5.69 Å². The van der Waals surface area contributed by atoms with Gasteiger partial charge in [-0.1, -0.05) is 31.9 Å². The summed E-state index contributed by atoms with van der Waals surface area (Å²) >= 11 is 0. The number of hydrogen-bond donors (Lipinski definition) is 0. The molecule has 13 heavy (non-hydrogen) atoms. The number of benzene rings is 1. The molecule has 0 spiro atoms. The summed E-state index contributed by atoms with van der Waals surface area (Å²) in [5, 5.41) is 0. The number of rotatable bonds is 5. The Balaban J connectivity index is 2.32. The fraction of sp³-hybridized carbons (Fsp3) is 0.455. The summed E-state index contributed by atoms with van der Waals surface area (Å²) in [6, 6.07) is 7.33. The summed E-state index contributed by atoms with van der Waals surface area (Å²) in [7, 11) is 0. The summed E-state index contributed by atoms with van der Waals surface area (Å²) in [6.07, 6.45) is 3.47. The van der Waals surface area contributed by atoms with E-state index in [0.717, 1.165) is 13.0 Å². The number of para-hydroxylation sites is 1. The molecule has 2 heteroatoms. The minimum Gasteiger partial charge on any atom is -0.491 e. The predicted molar refractivity (Wildman–Crippen MR) is 54.2 cm³/mol. The minimum absolute atomic E-state index is 0.471.